The number of aliphatic hydroxyl groups excluding tert-OH is 1. The summed E-state index contributed by atoms with van der Waals surface area (Å²) in [7, 11) is 0. The molecule has 0 aliphatic rings. The number of nitrogen functional groups attached to an aromatic ring is 1. The second-order valence-corrected chi connectivity index (χ2v) is 4.53. The molecule has 0 amide bonds. The Balaban J connectivity index is 2.23. The molecule has 0 aliphatic heterocycles. The molecule has 0 radical (unpaired) electrons. The van der Waals surface area contributed by atoms with Gasteiger partial charge in [0, 0.05) is 18.4 Å². The predicted molar refractivity (Wildman–Crippen MR) is 69.6 cm³/mol. The van der Waals surface area contributed by atoms with Gasteiger partial charge in [0.2, 0.25) is 0 Å². The van der Waals surface area contributed by atoms with Gasteiger partial charge in [-0.05, 0) is 47.3 Å². The van der Waals surface area contributed by atoms with Crippen LogP contribution in [0.2, 0.25) is 0 Å². The topological polar surface area (TPSA) is 55.5 Å². The van der Waals surface area contributed by atoms with E-state index in [1.54, 1.807) is 0 Å². The van der Waals surface area contributed by atoms with Crippen LogP contribution in [0, 0.1) is 0 Å². The third-order valence-corrected chi connectivity index (χ3v) is 2.92. The summed E-state index contributed by atoms with van der Waals surface area (Å²) in [5.74, 6) is 0.794. The van der Waals surface area contributed by atoms with Crippen molar-refractivity contribution >= 4 is 21.6 Å². The Hall–Kier alpha value is -0.740. The molecule has 0 aromatic heterocycles. The van der Waals surface area contributed by atoms with Crippen molar-refractivity contribution in [2.24, 2.45) is 0 Å². The van der Waals surface area contributed by atoms with Crippen molar-refractivity contribution in [2.45, 2.75) is 25.7 Å². The first-order valence-corrected chi connectivity index (χ1v) is 6.32. The lowest BCUT2D eigenvalue weighted by Gasteiger charge is -2.08. The molecule has 0 unspecified atom stereocenters. The SMILES string of the molecule is Nc1ccc(Br)c(OCCCCCCO)c1. The Labute approximate surface area is 105 Å². The fourth-order valence-electron chi connectivity index (χ4n) is 1.38. The largest absolute Gasteiger partial charge is 0.492 e. The van der Waals surface area contributed by atoms with Crippen LogP contribution >= 0.6 is 15.9 Å². The minimum atomic E-state index is 0.279. The first kappa shape index (κ1) is 13.3. The van der Waals surface area contributed by atoms with Crippen LogP contribution in [-0.2, 0) is 0 Å². The molecule has 0 saturated carbocycles. The molecule has 0 fully saturated rings. The maximum atomic E-state index is 8.62. The van der Waals surface area contributed by atoms with Crippen LogP contribution in [-0.4, -0.2) is 18.3 Å². The summed E-state index contributed by atoms with van der Waals surface area (Å²) in [4.78, 5) is 0. The number of anilines is 1. The lowest BCUT2D eigenvalue weighted by molar-refractivity contribution is 0.273. The Morgan fingerprint density at radius 1 is 1.19 bits per heavy atom. The van der Waals surface area contributed by atoms with Crippen molar-refractivity contribution in [1.82, 2.24) is 0 Å². The zero-order chi connectivity index (χ0) is 11.8. The van der Waals surface area contributed by atoms with Crippen molar-refractivity contribution < 1.29 is 9.84 Å². The molecule has 0 spiro atoms. The fraction of sp³-hybridized carbons (Fsp3) is 0.500. The molecule has 3 N–H and O–H groups in total. The molecule has 0 bridgehead atoms. The Bertz CT molecular complexity index is 318. The second-order valence-electron chi connectivity index (χ2n) is 3.68. The van der Waals surface area contributed by atoms with Gasteiger partial charge < -0.3 is 15.6 Å². The van der Waals surface area contributed by atoms with Crippen molar-refractivity contribution in [2.75, 3.05) is 18.9 Å². The number of benzene rings is 1. The molecule has 90 valence electrons. The maximum absolute atomic E-state index is 8.62. The third kappa shape index (κ3) is 4.86. The molecule has 16 heavy (non-hydrogen) atoms. The van der Waals surface area contributed by atoms with Crippen LogP contribution in [0.15, 0.2) is 22.7 Å². The summed E-state index contributed by atoms with van der Waals surface area (Å²) in [6, 6.07) is 5.53. The van der Waals surface area contributed by atoms with E-state index in [4.69, 9.17) is 15.6 Å². The highest BCUT2D eigenvalue weighted by Gasteiger charge is 2.01. The number of hydrogen-bond donors (Lipinski definition) is 2. The minimum Gasteiger partial charge on any atom is -0.492 e. The first-order chi connectivity index (χ1) is 7.74. The van der Waals surface area contributed by atoms with Gasteiger partial charge in [-0.25, -0.2) is 0 Å². The summed E-state index contributed by atoms with van der Waals surface area (Å²) in [6.07, 6.45) is 4.02. The summed E-state index contributed by atoms with van der Waals surface area (Å²) in [6.45, 7) is 0.967. The van der Waals surface area contributed by atoms with Crippen molar-refractivity contribution in [1.29, 1.82) is 0 Å². The number of aliphatic hydroxyl groups is 1. The molecular weight excluding hydrogens is 270 g/mol. The molecule has 1 aromatic rings. The monoisotopic (exact) mass is 287 g/mol. The fourth-order valence-corrected chi connectivity index (χ4v) is 1.74. The van der Waals surface area contributed by atoms with Crippen LogP contribution in [0.4, 0.5) is 5.69 Å². The van der Waals surface area contributed by atoms with Gasteiger partial charge in [-0.3, -0.25) is 0 Å². The molecule has 1 aromatic carbocycles. The van der Waals surface area contributed by atoms with Crippen molar-refractivity contribution in [3.8, 4) is 5.75 Å². The van der Waals surface area contributed by atoms with E-state index in [1.165, 1.54) is 0 Å². The molecule has 0 aliphatic carbocycles. The molecule has 0 saturated heterocycles. The zero-order valence-corrected chi connectivity index (χ0v) is 10.9. The van der Waals surface area contributed by atoms with E-state index in [0.717, 1.165) is 35.9 Å². The van der Waals surface area contributed by atoms with Crippen molar-refractivity contribution in [3.63, 3.8) is 0 Å². The highest BCUT2D eigenvalue weighted by molar-refractivity contribution is 9.10. The highest BCUT2D eigenvalue weighted by atomic mass is 79.9. The van der Waals surface area contributed by atoms with Crippen LogP contribution in [0.1, 0.15) is 25.7 Å². The summed E-state index contributed by atoms with van der Waals surface area (Å²) < 4.78 is 6.54. The second kappa shape index (κ2) is 7.52. The van der Waals surface area contributed by atoms with Gasteiger partial charge in [0.05, 0.1) is 11.1 Å². The Morgan fingerprint density at radius 3 is 2.69 bits per heavy atom. The van der Waals surface area contributed by atoms with Gasteiger partial charge in [-0.2, -0.15) is 0 Å². The average molecular weight is 288 g/mol. The van der Waals surface area contributed by atoms with Crippen LogP contribution in [0.3, 0.4) is 0 Å². The van der Waals surface area contributed by atoms with Crippen LogP contribution in [0.25, 0.3) is 0 Å². The number of nitrogens with two attached hydrogens (primary N) is 1. The smallest absolute Gasteiger partial charge is 0.135 e. The standard InChI is InChI=1S/C12H18BrNO2/c13-11-6-5-10(14)9-12(11)16-8-4-2-1-3-7-15/h5-6,9,15H,1-4,7-8,14H2. The minimum absolute atomic E-state index is 0.279. The normalized spacial score (nSPS) is 10.4. The number of halogens is 1. The third-order valence-electron chi connectivity index (χ3n) is 2.27. The summed E-state index contributed by atoms with van der Waals surface area (Å²) in [5.41, 5.74) is 6.38. The van der Waals surface area contributed by atoms with Gasteiger partial charge >= 0.3 is 0 Å². The molecule has 1 rings (SSSR count). The molecule has 0 heterocycles. The molecule has 0 atom stereocenters. The lowest BCUT2D eigenvalue weighted by atomic mass is 10.2. The van der Waals surface area contributed by atoms with E-state index in [2.05, 4.69) is 15.9 Å². The van der Waals surface area contributed by atoms with Gasteiger partial charge in [-0.15, -0.1) is 0 Å². The number of ether oxygens (including phenoxy) is 1. The number of hydrogen-bond acceptors (Lipinski definition) is 3. The van der Waals surface area contributed by atoms with Gasteiger partial charge in [-0.1, -0.05) is 6.42 Å². The van der Waals surface area contributed by atoms with Crippen molar-refractivity contribution in [3.05, 3.63) is 22.7 Å². The van der Waals surface area contributed by atoms with E-state index in [9.17, 15) is 0 Å². The van der Waals surface area contributed by atoms with Gasteiger partial charge in [0.15, 0.2) is 0 Å². The van der Waals surface area contributed by atoms with E-state index in [1.807, 2.05) is 18.2 Å². The van der Waals surface area contributed by atoms with Crippen LogP contribution < -0.4 is 10.5 Å². The van der Waals surface area contributed by atoms with Gasteiger partial charge in [0.1, 0.15) is 5.75 Å². The summed E-state index contributed by atoms with van der Waals surface area (Å²) >= 11 is 3.41. The molecule has 3 nitrogen and oxygen atoms in total. The van der Waals surface area contributed by atoms with E-state index in [-0.39, 0.29) is 6.61 Å². The maximum Gasteiger partial charge on any atom is 0.135 e. The van der Waals surface area contributed by atoms with E-state index in [0.29, 0.717) is 12.3 Å². The lowest BCUT2D eigenvalue weighted by Crippen LogP contribution is -1.99. The molecule has 4 heteroatoms. The summed E-state index contributed by atoms with van der Waals surface area (Å²) in [5, 5.41) is 8.62. The zero-order valence-electron chi connectivity index (χ0n) is 9.29. The predicted octanol–water partition coefficient (Wildman–Crippen LogP) is 2.96. The highest BCUT2D eigenvalue weighted by Crippen LogP contribution is 2.27. The average Bonchev–Trinajstić information content (AvgIpc) is 2.28. The Morgan fingerprint density at radius 2 is 1.94 bits per heavy atom. The van der Waals surface area contributed by atoms with E-state index < -0.39 is 0 Å². The number of rotatable bonds is 7. The van der Waals surface area contributed by atoms with Gasteiger partial charge in [0.25, 0.3) is 0 Å². The Kier molecular flexibility index (Phi) is 6.26. The first-order valence-electron chi connectivity index (χ1n) is 5.52. The number of unbranched alkanes of at least 4 members (excludes halogenated alkanes) is 3. The van der Waals surface area contributed by atoms with E-state index >= 15 is 0 Å². The quantitative estimate of drug-likeness (QED) is 0.599. The van der Waals surface area contributed by atoms with Crippen LogP contribution in [0.5, 0.6) is 5.75 Å². The molecular formula is C12H18BrNO2.